The van der Waals surface area contributed by atoms with Crippen molar-refractivity contribution in [3.8, 4) is 0 Å². The number of hydrogen-bond donors (Lipinski definition) is 23. The standard InChI is InChI=1S/C65H114N8O34.C4H8O/c1-4-34(76)13-8-9-15-40(78)72-35(60(97)71-18-10-5-7-14-39(77)68-19-22-98-61-54(92)50(88)45(83)32(2)102-61)25-41(79)66-16-11-6-12-17-67-42(80)26-73(27-43(81)69-20-23-99-62-55(93)51(89)46(84)33(3)103-62)28-44(82)70-21-24-100-64-58(96)59(107-65-57(95)53(91)48(86)37(30-75)105-65)49(87)38(106-64)31-101-63-56(94)52(90)47(85)36(29-74)104-63;1-3-4(2)5/h32-33,35-38,45-59,61-65,74-75,83-96H,4-31H2,1-3H3,(H,66,79)(H,67,80)(H,68,77)(H,69,81)(H,70,82)(H,71,97)(H,72,78);3H2,1-2H3/t32-,33-,35-,36+,37+,38+,45+,46+,47+,48+,49+,50+,51+,52-,53-,54-,55-,56-,57-,58-,59-,61+,62+,63-,64-,65+;/m0./s1. The topological polar surface area (TPSA) is 657 Å². The summed E-state index contributed by atoms with van der Waals surface area (Å²) in [6.45, 7) is 3.14. The van der Waals surface area contributed by atoms with E-state index in [9.17, 15) is 125 Å². The summed E-state index contributed by atoms with van der Waals surface area (Å²) in [5.41, 5.74) is 0. The van der Waals surface area contributed by atoms with Crippen molar-refractivity contribution in [1.29, 1.82) is 0 Å². The molecule has 26 atom stereocenters. The number of amides is 7. The van der Waals surface area contributed by atoms with Gasteiger partial charge < -0.3 is 171 Å². The van der Waals surface area contributed by atoms with Gasteiger partial charge in [0.05, 0.1) is 77.9 Å². The average molecular weight is 1620 g/mol. The van der Waals surface area contributed by atoms with E-state index in [2.05, 4.69) is 37.2 Å². The van der Waals surface area contributed by atoms with Gasteiger partial charge in [0.25, 0.3) is 0 Å². The van der Waals surface area contributed by atoms with Crippen LogP contribution >= 0.6 is 0 Å². The minimum Gasteiger partial charge on any atom is -0.394 e. The Kier molecular flexibility index (Phi) is 46.2. The molecule has 648 valence electrons. The van der Waals surface area contributed by atoms with Gasteiger partial charge in [-0.05, 0) is 65.7 Å². The van der Waals surface area contributed by atoms with Gasteiger partial charge in [-0.3, -0.25) is 43.3 Å². The Morgan fingerprint density at radius 2 is 0.750 bits per heavy atom. The maximum absolute atomic E-state index is 13.5. The molecule has 0 spiro atoms. The summed E-state index contributed by atoms with van der Waals surface area (Å²) in [7, 11) is 0. The summed E-state index contributed by atoms with van der Waals surface area (Å²) in [6, 6.07) is -1.25. The van der Waals surface area contributed by atoms with Crippen molar-refractivity contribution >= 4 is 52.9 Å². The van der Waals surface area contributed by atoms with Gasteiger partial charge >= 0.3 is 0 Å². The highest BCUT2D eigenvalue weighted by Crippen LogP contribution is 2.32. The summed E-state index contributed by atoms with van der Waals surface area (Å²) in [5.74, 6) is -3.77. The first-order valence-electron chi connectivity index (χ1n) is 38.0. The fourth-order valence-corrected chi connectivity index (χ4v) is 11.8. The molecule has 5 rings (SSSR count). The molecular weight excluding hydrogens is 1500 g/mol. The quantitative estimate of drug-likeness (QED) is 0.0252. The number of unbranched alkanes of at least 4 members (excludes halogenated alkanes) is 5. The van der Waals surface area contributed by atoms with Crippen LogP contribution in [0, 0.1) is 0 Å². The summed E-state index contributed by atoms with van der Waals surface area (Å²) < 4.78 is 55.3. The first-order chi connectivity index (χ1) is 53.2. The van der Waals surface area contributed by atoms with E-state index in [4.69, 9.17) is 47.4 Å². The molecule has 0 aromatic heterocycles. The molecule has 0 saturated carbocycles. The summed E-state index contributed by atoms with van der Waals surface area (Å²) in [6.07, 6.45) is -35.6. The molecule has 23 N–H and O–H groups in total. The number of nitrogens with zero attached hydrogens (tertiary/aromatic N) is 1. The number of hydrogen-bond acceptors (Lipinski definition) is 36. The number of carbonyl (C=O) groups is 9. The number of carbonyl (C=O) groups excluding carboxylic acids is 9. The molecule has 5 heterocycles. The fourth-order valence-electron chi connectivity index (χ4n) is 11.8. The second kappa shape index (κ2) is 52.3. The van der Waals surface area contributed by atoms with Crippen LogP contribution in [0.2, 0.25) is 0 Å². The smallest absolute Gasteiger partial charge is 0.243 e. The van der Waals surface area contributed by atoms with E-state index in [1.807, 2.05) is 6.92 Å². The second-order valence-corrected chi connectivity index (χ2v) is 27.9. The van der Waals surface area contributed by atoms with E-state index < -0.39 is 247 Å². The fraction of sp³-hybridized carbons (Fsp3) is 0.870. The van der Waals surface area contributed by atoms with Gasteiger partial charge in [0, 0.05) is 71.4 Å². The van der Waals surface area contributed by atoms with Gasteiger partial charge in [-0.25, -0.2) is 0 Å². The molecule has 0 bridgehead atoms. The zero-order chi connectivity index (χ0) is 83.3. The zero-order valence-electron chi connectivity index (χ0n) is 63.9. The van der Waals surface area contributed by atoms with E-state index in [1.165, 1.54) is 18.7 Å². The highest BCUT2D eigenvalue weighted by Gasteiger charge is 2.53. The second-order valence-electron chi connectivity index (χ2n) is 27.9. The van der Waals surface area contributed by atoms with E-state index in [1.54, 1.807) is 13.8 Å². The molecule has 0 unspecified atom stereocenters. The Bertz CT molecular complexity index is 2810. The van der Waals surface area contributed by atoms with Gasteiger partial charge in [-0.15, -0.1) is 0 Å². The van der Waals surface area contributed by atoms with Gasteiger partial charge in [0.2, 0.25) is 41.4 Å². The third kappa shape index (κ3) is 33.6. The van der Waals surface area contributed by atoms with Gasteiger partial charge in [0.15, 0.2) is 31.5 Å². The van der Waals surface area contributed by atoms with Crippen molar-refractivity contribution in [2.45, 2.75) is 284 Å². The van der Waals surface area contributed by atoms with Crippen molar-refractivity contribution < 1.29 is 172 Å². The number of aliphatic hydroxyl groups is 16. The lowest BCUT2D eigenvalue weighted by Gasteiger charge is -2.46. The van der Waals surface area contributed by atoms with E-state index in [-0.39, 0.29) is 82.8 Å². The van der Waals surface area contributed by atoms with E-state index in [0.717, 1.165) is 0 Å². The van der Waals surface area contributed by atoms with Crippen LogP contribution in [0.4, 0.5) is 0 Å². The molecule has 5 aliphatic rings. The predicted octanol–water partition coefficient (Wildman–Crippen LogP) is -10.7. The molecule has 5 aliphatic heterocycles. The summed E-state index contributed by atoms with van der Waals surface area (Å²) in [5, 5.41) is 184. The Morgan fingerprint density at radius 3 is 1.22 bits per heavy atom. The average Bonchev–Trinajstić information content (AvgIpc) is 0.781. The van der Waals surface area contributed by atoms with Gasteiger partial charge in [-0.1, -0.05) is 20.3 Å². The molecule has 43 nitrogen and oxygen atoms in total. The first kappa shape index (κ1) is 98.9. The number of rotatable bonds is 48. The number of ketones is 2. The highest BCUT2D eigenvalue weighted by molar-refractivity contribution is 5.92. The molecule has 43 heteroatoms. The number of aliphatic hydroxyl groups excluding tert-OH is 16. The third-order valence-electron chi connectivity index (χ3n) is 18.8. The molecular formula is C69H122N8O35. The Hall–Kier alpha value is -5.45. The lowest BCUT2D eigenvalue weighted by Crippen LogP contribution is -2.65. The molecule has 0 aliphatic carbocycles. The summed E-state index contributed by atoms with van der Waals surface area (Å²) in [4.78, 5) is 115. The Labute approximate surface area is 647 Å². The van der Waals surface area contributed by atoms with Crippen LogP contribution in [0.5, 0.6) is 0 Å². The van der Waals surface area contributed by atoms with Crippen LogP contribution in [-0.4, -0.2) is 398 Å². The third-order valence-corrected chi connectivity index (χ3v) is 18.8. The van der Waals surface area contributed by atoms with Crippen LogP contribution < -0.4 is 37.2 Å². The van der Waals surface area contributed by atoms with Gasteiger partial charge in [-0.2, -0.15) is 0 Å². The van der Waals surface area contributed by atoms with Crippen LogP contribution in [0.1, 0.15) is 125 Å². The van der Waals surface area contributed by atoms with Crippen LogP contribution in [0.25, 0.3) is 0 Å². The van der Waals surface area contributed by atoms with Crippen LogP contribution in [-0.2, 0) is 90.5 Å². The maximum Gasteiger partial charge on any atom is 0.243 e. The predicted molar refractivity (Wildman–Crippen MR) is 380 cm³/mol. The molecule has 5 saturated heterocycles. The molecule has 0 aromatic rings. The molecule has 112 heavy (non-hydrogen) atoms. The normalized spacial score (nSPS) is 32.2. The SMILES string of the molecule is CCC(=O)CCCCC(=O)N[C@@H](CC(=O)NCCCCCNC(=O)CN(CC(=O)NCCO[C@@H]1O[C@@H](C)[C@@H](O)[C@@H](O)[C@@H]1O)CC(=O)NCCO[C@H]1O[C@H](CO[C@H]2O[C@H](CO)[C@@H](O)[C@H](O)[C@@H]2O)[C@@H](O)[C@H](O[C@H]2O[C@H](CO)[C@@H](O)[C@H](O)[C@@H]2O)[C@@H]1O)C(=O)NCCCCCC(=O)NCCO[C@@H]1O[C@@H](C)[C@@H](O)[C@@H](O)[C@@H]1O.CCC(C)=O. The van der Waals surface area contributed by atoms with Crippen molar-refractivity contribution in [2.24, 2.45) is 0 Å². The summed E-state index contributed by atoms with van der Waals surface area (Å²) >= 11 is 0. The van der Waals surface area contributed by atoms with Crippen molar-refractivity contribution in [3.63, 3.8) is 0 Å². The van der Waals surface area contributed by atoms with E-state index >= 15 is 0 Å². The first-order valence-corrected chi connectivity index (χ1v) is 38.0. The lowest BCUT2D eigenvalue weighted by atomic mass is 9.96. The maximum atomic E-state index is 13.5. The molecule has 5 fully saturated rings. The van der Waals surface area contributed by atoms with Crippen LogP contribution in [0.3, 0.4) is 0 Å². The number of ether oxygens (including phenoxy) is 10. The molecule has 0 radical (unpaired) electrons. The molecule has 0 aromatic carbocycles. The largest absolute Gasteiger partial charge is 0.394 e. The van der Waals surface area contributed by atoms with E-state index in [0.29, 0.717) is 70.6 Å². The molecule has 7 amide bonds. The number of Topliss-reactive ketones (excluding diaryl/α,β-unsaturated/α-hetero) is 2. The number of nitrogens with one attached hydrogen (secondary N) is 7. The van der Waals surface area contributed by atoms with Gasteiger partial charge in [0.1, 0.15) is 127 Å². The minimum absolute atomic E-state index is 0.00240. The van der Waals surface area contributed by atoms with Crippen LogP contribution in [0.15, 0.2) is 0 Å². The van der Waals surface area contributed by atoms with Crippen molar-refractivity contribution in [3.05, 3.63) is 0 Å². The minimum atomic E-state index is -2.02. The monoisotopic (exact) mass is 1620 g/mol. The Morgan fingerprint density at radius 1 is 0.375 bits per heavy atom. The lowest BCUT2D eigenvalue weighted by molar-refractivity contribution is -0.366. The highest BCUT2D eigenvalue weighted by atomic mass is 16.8. The van der Waals surface area contributed by atoms with Crippen molar-refractivity contribution in [2.75, 3.05) is 98.5 Å². The van der Waals surface area contributed by atoms with Crippen molar-refractivity contribution in [1.82, 2.24) is 42.1 Å². The Balaban J connectivity index is 0.00000511. The zero-order valence-corrected chi connectivity index (χ0v) is 63.9.